The van der Waals surface area contributed by atoms with Gasteiger partial charge < -0.3 is 29.3 Å². The van der Waals surface area contributed by atoms with Crippen molar-refractivity contribution in [1.82, 2.24) is 14.9 Å². The number of hydrogen-bond donors (Lipinski definition) is 1. The van der Waals surface area contributed by atoms with Crippen LogP contribution in [0.4, 0.5) is 17.6 Å². The first-order valence-electron chi connectivity index (χ1n) is 9.92. The van der Waals surface area contributed by atoms with Crippen LogP contribution in [0.5, 0.6) is 0 Å². The standard InChI is InChI=1S/C18H28N6O4/c25-17(26)14-21-1-3-22(4-2-21)15-13-16(23-5-9-27-10-6-23)20-18(19-15)24-7-11-28-12-8-24/h13H,1-12,14H2,(H,25,26). The van der Waals surface area contributed by atoms with Crippen LogP contribution in [-0.2, 0) is 14.3 Å². The molecular formula is C18H28N6O4. The predicted octanol–water partition coefficient (Wildman–Crippen LogP) is -0.644. The van der Waals surface area contributed by atoms with E-state index in [1.165, 1.54) is 0 Å². The molecule has 3 fully saturated rings. The monoisotopic (exact) mass is 392 g/mol. The second kappa shape index (κ2) is 8.89. The van der Waals surface area contributed by atoms with E-state index in [1.54, 1.807) is 0 Å². The number of carbonyl (C=O) groups is 1. The number of anilines is 3. The van der Waals surface area contributed by atoms with E-state index in [0.29, 0.717) is 26.4 Å². The maximum atomic E-state index is 11.0. The maximum Gasteiger partial charge on any atom is 0.317 e. The van der Waals surface area contributed by atoms with Crippen molar-refractivity contribution >= 4 is 23.6 Å². The summed E-state index contributed by atoms with van der Waals surface area (Å²) in [6.07, 6.45) is 0. The molecule has 0 amide bonds. The molecule has 3 aliphatic heterocycles. The van der Waals surface area contributed by atoms with Crippen molar-refractivity contribution in [2.24, 2.45) is 0 Å². The van der Waals surface area contributed by atoms with Gasteiger partial charge in [-0.3, -0.25) is 9.69 Å². The Morgan fingerprint density at radius 2 is 1.32 bits per heavy atom. The molecule has 0 bridgehead atoms. The van der Waals surface area contributed by atoms with E-state index in [4.69, 9.17) is 24.5 Å². The van der Waals surface area contributed by atoms with E-state index < -0.39 is 5.97 Å². The van der Waals surface area contributed by atoms with Gasteiger partial charge in [0.2, 0.25) is 5.95 Å². The molecule has 0 spiro atoms. The molecule has 0 aromatic carbocycles. The zero-order chi connectivity index (χ0) is 19.3. The fourth-order valence-electron chi connectivity index (χ4n) is 3.76. The second-order valence-corrected chi connectivity index (χ2v) is 7.24. The SMILES string of the molecule is O=C(O)CN1CCN(c2cc(N3CCOCC3)nc(N3CCOCC3)n2)CC1. The molecule has 0 saturated carbocycles. The van der Waals surface area contributed by atoms with Crippen LogP contribution >= 0.6 is 0 Å². The van der Waals surface area contributed by atoms with E-state index in [2.05, 4.69) is 20.8 Å². The van der Waals surface area contributed by atoms with Crippen LogP contribution in [0, 0.1) is 0 Å². The number of ether oxygens (including phenoxy) is 2. The van der Waals surface area contributed by atoms with Crippen molar-refractivity contribution in [3.8, 4) is 0 Å². The van der Waals surface area contributed by atoms with Crippen LogP contribution in [0.25, 0.3) is 0 Å². The van der Waals surface area contributed by atoms with E-state index >= 15 is 0 Å². The average molecular weight is 392 g/mol. The number of nitrogens with zero attached hydrogens (tertiary/aromatic N) is 6. The molecule has 4 rings (SSSR count). The lowest BCUT2D eigenvalue weighted by Crippen LogP contribution is -2.48. The summed E-state index contributed by atoms with van der Waals surface area (Å²) in [6, 6.07) is 2.06. The molecule has 4 heterocycles. The normalized spacial score (nSPS) is 21.8. The Morgan fingerprint density at radius 1 is 0.821 bits per heavy atom. The van der Waals surface area contributed by atoms with Crippen molar-refractivity contribution < 1.29 is 19.4 Å². The number of aromatic nitrogens is 2. The van der Waals surface area contributed by atoms with Gasteiger partial charge in [-0.1, -0.05) is 0 Å². The lowest BCUT2D eigenvalue weighted by atomic mass is 10.3. The van der Waals surface area contributed by atoms with Crippen LogP contribution in [0.3, 0.4) is 0 Å². The molecule has 0 atom stereocenters. The quantitative estimate of drug-likeness (QED) is 0.697. The first kappa shape index (κ1) is 19.2. The highest BCUT2D eigenvalue weighted by Crippen LogP contribution is 2.25. The highest BCUT2D eigenvalue weighted by Gasteiger charge is 2.24. The zero-order valence-corrected chi connectivity index (χ0v) is 16.1. The van der Waals surface area contributed by atoms with E-state index in [9.17, 15) is 4.79 Å². The van der Waals surface area contributed by atoms with Crippen molar-refractivity contribution in [1.29, 1.82) is 0 Å². The summed E-state index contributed by atoms with van der Waals surface area (Å²) in [6.45, 7) is 9.07. The third-order valence-corrected chi connectivity index (χ3v) is 5.37. The summed E-state index contributed by atoms with van der Waals surface area (Å²) in [5, 5.41) is 9.00. The summed E-state index contributed by atoms with van der Waals surface area (Å²) >= 11 is 0. The average Bonchev–Trinajstić information content (AvgIpc) is 2.75. The van der Waals surface area contributed by atoms with Gasteiger partial charge in [0, 0.05) is 58.4 Å². The van der Waals surface area contributed by atoms with Gasteiger partial charge in [0.1, 0.15) is 11.6 Å². The Labute approximate surface area is 164 Å². The molecule has 1 aromatic rings. The number of hydrogen-bond acceptors (Lipinski definition) is 9. The third kappa shape index (κ3) is 4.62. The minimum Gasteiger partial charge on any atom is -0.480 e. The Morgan fingerprint density at radius 3 is 1.86 bits per heavy atom. The molecule has 10 nitrogen and oxygen atoms in total. The number of carboxylic acids is 1. The first-order chi connectivity index (χ1) is 13.7. The van der Waals surface area contributed by atoms with E-state index in [1.807, 2.05) is 4.90 Å². The lowest BCUT2D eigenvalue weighted by molar-refractivity contribution is -0.138. The minimum absolute atomic E-state index is 0.0929. The van der Waals surface area contributed by atoms with Gasteiger partial charge in [0.25, 0.3) is 0 Å². The smallest absolute Gasteiger partial charge is 0.317 e. The fourth-order valence-corrected chi connectivity index (χ4v) is 3.76. The largest absolute Gasteiger partial charge is 0.480 e. The van der Waals surface area contributed by atoms with Gasteiger partial charge >= 0.3 is 5.97 Å². The highest BCUT2D eigenvalue weighted by molar-refractivity contribution is 5.69. The number of piperazine rings is 1. The summed E-state index contributed by atoms with van der Waals surface area (Å²) < 4.78 is 11.0. The highest BCUT2D eigenvalue weighted by atomic mass is 16.5. The van der Waals surface area contributed by atoms with Crippen molar-refractivity contribution in [2.45, 2.75) is 0 Å². The fraction of sp³-hybridized carbons (Fsp3) is 0.722. The zero-order valence-electron chi connectivity index (χ0n) is 16.1. The number of rotatable bonds is 5. The van der Waals surface area contributed by atoms with Gasteiger partial charge in [0.15, 0.2) is 0 Å². The number of carboxylic acid groups (broad SMARTS) is 1. The van der Waals surface area contributed by atoms with Gasteiger partial charge in [0.05, 0.1) is 33.0 Å². The Kier molecular flexibility index (Phi) is 6.08. The Hall–Kier alpha value is -2.17. The molecule has 0 unspecified atom stereocenters. The van der Waals surface area contributed by atoms with Crippen LogP contribution in [-0.4, -0.2) is 111 Å². The van der Waals surface area contributed by atoms with E-state index in [-0.39, 0.29) is 6.54 Å². The molecule has 1 aromatic heterocycles. The van der Waals surface area contributed by atoms with Crippen LogP contribution in [0.15, 0.2) is 6.07 Å². The summed E-state index contributed by atoms with van der Waals surface area (Å²) in [7, 11) is 0. The molecule has 3 saturated heterocycles. The molecule has 0 radical (unpaired) electrons. The molecular weight excluding hydrogens is 364 g/mol. The van der Waals surface area contributed by atoms with Gasteiger partial charge in [-0.25, -0.2) is 0 Å². The summed E-state index contributed by atoms with van der Waals surface area (Å²) in [5.74, 6) is 1.81. The molecule has 28 heavy (non-hydrogen) atoms. The second-order valence-electron chi connectivity index (χ2n) is 7.24. The van der Waals surface area contributed by atoms with Crippen molar-refractivity contribution in [3.63, 3.8) is 0 Å². The van der Waals surface area contributed by atoms with Gasteiger partial charge in [-0.05, 0) is 0 Å². The first-order valence-corrected chi connectivity index (χ1v) is 9.92. The van der Waals surface area contributed by atoms with Crippen LogP contribution in [0.1, 0.15) is 0 Å². The van der Waals surface area contributed by atoms with Crippen LogP contribution in [0.2, 0.25) is 0 Å². The Bertz CT molecular complexity index is 634. The third-order valence-electron chi connectivity index (χ3n) is 5.37. The number of morpholine rings is 2. The molecule has 10 heteroatoms. The van der Waals surface area contributed by atoms with Gasteiger partial charge in [-0.15, -0.1) is 0 Å². The van der Waals surface area contributed by atoms with Gasteiger partial charge in [-0.2, -0.15) is 9.97 Å². The lowest BCUT2D eigenvalue weighted by Gasteiger charge is -2.36. The van der Waals surface area contributed by atoms with Crippen LogP contribution < -0.4 is 14.7 Å². The predicted molar refractivity (Wildman–Crippen MR) is 104 cm³/mol. The molecule has 0 aliphatic carbocycles. The number of aliphatic carboxylic acids is 1. The maximum absolute atomic E-state index is 11.0. The Balaban J connectivity index is 1.54. The van der Waals surface area contributed by atoms with Crippen molar-refractivity contribution in [2.75, 3.05) is 100 Å². The molecule has 154 valence electrons. The topological polar surface area (TPSA) is 94.5 Å². The van der Waals surface area contributed by atoms with Crippen molar-refractivity contribution in [3.05, 3.63) is 6.07 Å². The minimum atomic E-state index is -0.778. The summed E-state index contributed by atoms with van der Waals surface area (Å²) in [5.41, 5.74) is 0. The van der Waals surface area contributed by atoms with E-state index in [0.717, 1.165) is 69.9 Å². The molecule has 1 N–H and O–H groups in total. The summed E-state index contributed by atoms with van der Waals surface area (Å²) in [4.78, 5) is 29.3. The molecule has 3 aliphatic rings.